The molecule has 1 fully saturated rings. The Morgan fingerprint density at radius 3 is 2.50 bits per heavy atom. The highest BCUT2D eigenvalue weighted by atomic mass is 19.1. The molecule has 0 unspecified atom stereocenters. The first-order valence-corrected chi connectivity index (χ1v) is 7.15. The molecule has 1 saturated heterocycles. The van der Waals surface area contributed by atoms with Gasteiger partial charge < -0.3 is 10.0 Å². The van der Waals surface area contributed by atoms with E-state index in [9.17, 15) is 14.3 Å². The van der Waals surface area contributed by atoms with Crippen molar-refractivity contribution in [2.75, 3.05) is 13.1 Å². The maximum Gasteiger partial charge on any atom is 0.253 e. The zero-order chi connectivity index (χ0) is 14.8. The van der Waals surface area contributed by atoms with Gasteiger partial charge in [-0.3, -0.25) is 4.79 Å². The fourth-order valence-corrected chi connectivity index (χ4v) is 2.75. The van der Waals surface area contributed by atoms with Gasteiger partial charge in [-0.2, -0.15) is 0 Å². The molecule has 1 N–H and O–H groups in total. The minimum Gasteiger partial charge on any atom is -0.381 e. The minimum absolute atomic E-state index is 0.211. The molecular weight excluding hydrogens is 257 g/mol. The van der Waals surface area contributed by atoms with Crippen LogP contribution in [0.4, 0.5) is 4.39 Å². The number of hydrogen-bond acceptors (Lipinski definition) is 2. The van der Waals surface area contributed by atoms with Crippen LogP contribution in [-0.2, 0) is 4.79 Å². The van der Waals surface area contributed by atoms with Gasteiger partial charge in [0.25, 0.3) is 5.91 Å². The third-order valence-electron chi connectivity index (χ3n) is 3.88. The Morgan fingerprint density at radius 1 is 1.25 bits per heavy atom. The van der Waals surface area contributed by atoms with E-state index in [1.807, 2.05) is 12.1 Å². The molecule has 4 heteroatoms. The zero-order valence-electron chi connectivity index (χ0n) is 12.1. The first-order valence-electron chi connectivity index (χ1n) is 7.15. The van der Waals surface area contributed by atoms with Crippen LogP contribution in [0.25, 0.3) is 0 Å². The molecule has 2 rings (SSSR count). The lowest BCUT2D eigenvalue weighted by molar-refractivity contribution is -0.147. The molecule has 3 nitrogen and oxygen atoms in total. The molecule has 1 amide bonds. The number of carbonyl (C=O) groups is 1. The van der Waals surface area contributed by atoms with E-state index in [2.05, 4.69) is 0 Å². The van der Waals surface area contributed by atoms with Crippen LogP contribution in [0.3, 0.4) is 0 Å². The van der Waals surface area contributed by atoms with Crippen molar-refractivity contribution in [1.29, 1.82) is 0 Å². The summed E-state index contributed by atoms with van der Waals surface area (Å²) in [7, 11) is 0. The predicted molar refractivity (Wildman–Crippen MR) is 75.9 cm³/mol. The second kappa shape index (κ2) is 5.92. The molecule has 0 radical (unpaired) electrons. The van der Waals surface area contributed by atoms with Crippen LogP contribution in [0.15, 0.2) is 24.3 Å². The third kappa shape index (κ3) is 3.57. The van der Waals surface area contributed by atoms with Crippen LogP contribution in [0.2, 0.25) is 0 Å². The van der Waals surface area contributed by atoms with Gasteiger partial charge in [0.15, 0.2) is 0 Å². The summed E-state index contributed by atoms with van der Waals surface area (Å²) in [5.74, 6) is -0.0753. The topological polar surface area (TPSA) is 40.5 Å². The second-order valence-electron chi connectivity index (χ2n) is 6.03. The van der Waals surface area contributed by atoms with Gasteiger partial charge in [0.05, 0.1) is 0 Å². The summed E-state index contributed by atoms with van der Waals surface area (Å²) in [5, 5.41) is 9.81. The quantitative estimate of drug-likeness (QED) is 0.904. The number of nitrogens with zero attached hydrogens (tertiary/aromatic N) is 1. The number of halogens is 1. The monoisotopic (exact) mass is 279 g/mol. The molecule has 0 bridgehead atoms. The molecule has 1 atom stereocenters. The van der Waals surface area contributed by atoms with Crippen LogP contribution in [-0.4, -0.2) is 34.6 Å². The largest absolute Gasteiger partial charge is 0.381 e. The summed E-state index contributed by atoms with van der Waals surface area (Å²) in [6.07, 6.45) is 2.75. The molecule has 0 saturated carbocycles. The van der Waals surface area contributed by atoms with Gasteiger partial charge in [0, 0.05) is 13.1 Å². The summed E-state index contributed by atoms with van der Waals surface area (Å²) < 4.78 is 13.0. The van der Waals surface area contributed by atoms with E-state index in [1.54, 1.807) is 4.90 Å². The van der Waals surface area contributed by atoms with Gasteiger partial charge >= 0.3 is 0 Å². The van der Waals surface area contributed by atoms with E-state index in [0.717, 1.165) is 24.8 Å². The van der Waals surface area contributed by atoms with Crippen LogP contribution in [0.1, 0.15) is 44.6 Å². The van der Waals surface area contributed by atoms with Crippen molar-refractivity contribution in [2.24, 2.45) is 0 Å². The molecule has 1 heterocycles. The maximum atomic E-state index is 13.0. The number of hydrogen-bond donors (Lipinski definition) is 1. The fraction of sp³-hybridized carbons (Fsp3) is 0.562. The molecule has 1 aliphatic rings. The molecule has 0 aliphatic carbocycles. The molecule has 0 spiro atoms. The number of carbonyl (C=O) groups excluding carboxylic acids is 1. The second-order valence-corrected chi connectivity index (χ2v) is 6.03. The van der Waals surface area contributed by atoms with E-state index in [4.69, 9.17) is 0 Å². The van der Waals surface area contributed by atoms with E-state index in [1.165, 1.54) is 26.0 Å². The van der Waals surface area contributed by atoms with Crippen molar-refractivity contribution in [3.05, 3.63) is 35.6 Å². The highest BCUT2D eigenvalue weighted by Crippen LogP contribution is 2.28. The van der Waals surface area contributed by atoms with E-state index < -0.39 is 5.60 Å². The SMILES string of the molecule is CC(C)(O)C(=O)N1CCC[C@H](c2ccc(F)cc2)CC1. The standard InChI is InChI=1S/C16H22FNO2/c1-16(2,20)15(19)18-10-3-4-12(9-11-18)13-5-7-14(17)8-6-13/h5-8,12,20H,3-4,9-11H2,1-2H3/t12-/m0/s1. The Morgan fingerprint density at radius 2 is 1.90 bits per heavy atom. The zero-order valence-corrected chi connectivity index (χ0v) is 12.1. The van der Waals surface area contributed by atoms with Gasteiger partial charge in [-0.25, -0.2) is 4.39 Å². The van der Waals surface area contributed by atoms with Crippen LogP contribution in [0, 0.1) is 5.82 Å². The maximum absolute atomic E-state index is 13.0. The number of rotatable bonds is 2. The van der Waals surface area contributed by atoms with E-state index >= 15 is 0 Å². The van der Waals surface area contributed by atoms with Gasteiger partial charge in [-0.05, 0) is 56.7 Å². The lowest BCUT2D eigenvalue weighted by Crippen LogP contribution is -2.45. The Bertz CT molecular complexity index is 464. The fourth-order valence-electron chi connectivity index (χ4n) is 2.75. The number of aliphatic hydroxyl groups is 1. The lowest BCUT2D eigenvalue weighted by atomic mass is 9.92. The average molecular weight is 279 g/mol. The molecule has 110 valence electrons. The predicted octanol–water partition coefficient (Wildman–Crippen LogP) is 2.69. The number of likely N-dealkylation sites (tertiary alicyclic amines) is 1. The van der Waals surface area contributed by atoms with Crippen LogP contribution < -0.4 is 0 Å². The Balaban J connectivity index is 2.02. The summed E-state index contributed by atoms with van der Waals surface area (Å²) in [4.78, 5) is 13.8. The average Bonchev–Trinajstić information content (AvgIpc) is 2.63. The van der Waals surface area contributed by atoms with Crippen molar-refractivity contribution in [3.63, 3.8) is 0 Å². The molecule has 1 aliphatic heterocycles. The van der Waals surface area contributed by atoms with Crippen LogP contribution >= 0.6 is 0 Å². The summed E-state index contributed by atoms with van der Waals surface area (Å²) in [6, 6.07) is 6.63. The molecule has 1 aromatic carbocycles. The van der Waals surface area contributed by atoms with E-state index in [0.29, 0.717) is 19.0 Å². The summed E-state index contributed by atoms with van der Waals surface area (Å²) in [6.45, 7) is 4.38. The molecule has 1 aromatic rings. The number of benzene rings is 1. The molecule has 0 aromatic heterocycles. The first-order chi connectivity index (χ1) is 9.38. The van der Waals surface area contributed by atoms with Crippen LogP contribution in [0.5, 0.6) is 0 Å². The minimum atomic E-state index is -1.31. The number of amides is 1. The van der Waals surface area contributed by atoms with Gasteiger partial charge in [-0.1, -0.05) is 12.1 Å². The van der Waals surface area contributed by atoms with Gasteiger partial charge in [-0.15, -0.1) is 0 Å². The Labute approximate surface area is 119 Å². The van der Waals surface area contributed by atoms with Gasteiger partial charge in [0.2, 0.25) is 0 Å². The summed E-state index contributed by atoms with van der Waals surface area (Å²) in [5.41, 5.74) is -0.181. The van der Waals surface area contributed by atoms with Crippen molar-refractivity contribution < 1.29 is 14.3 Å². The Hall–Kier alpha value is -1.42. The van der Waals surface area contributed by atoms with Crippen molar-refractivity contribution in [2.45, 2.75) is 44.6 Å². The summed E-state index contributed by atoms with van der Waals surface area (Å²) >= 11 is 0. The van der Waals surface area contributed by atoms with Crippen molar-refractivity contribution in [3.8, 4) is 0 Å². The van der Waals surface area contributed by atoms with E-state index in [-0.39, 0.29) is 11.7 Å². The lowest BCUT2D eigenvalue weighted by Gasteiger charge is -2.27. The molecule has 20 heavy (non-hydrogen) atoms. The third-order valence-corrected chi connectivity index (χ3v) is 3.88. The van der Waals surface area contributed by atoms with Crippen molar-refractivity contribution in [1.82, 2.24) is 4.90 Å². The highest BCUT2D eigenvalue weighted by molar-refractivity contribution is 5.84. The van der Waals surface area contributed by atoms with Crippen molar-refractivity contribution >= 4 is 5.91 Å². The molecular formula is C16H22FNO2. The smallest absolute Gasteiger partial charge is 0.253 e. The normalized spacial score (nSPS) is 20.6. The highest BCUT2D eigenvalue weighted by Gasteiger charge is 2.30. The Kier molecular flexibility index (Phi) is 4.43. The first kappa shape index (κ1) is 15.0. The van der Waals surface area contributed by atoms with Gasteiger partial charge in [0.1, 0.15) is 11.4 Å².